The first-order chi connectivity index (χ1) is 9.13. The van der Waals surface area contributed by atoms with Crippen molar-refractivity contribution in [2.45, 2.75) is 19.9 Å². The number of carbonyl (C=O) groups is 2. The summed E-state index contributed by atoms with van der Waals surface area (Å²) in [6, 6.07) is 8.78. The van der Waals surface area contributed by atoms with Crippen molar-refractivity contribution in [3.8, 4) is 0 Å². The van der Waals surface area contributed by atoms with Gasteiger partial charge in [0.25, 0.3) is 0 Å². The third-order valence-electron chi connectivity index (χ3n) is 2.95. The molecule has 1 heterocycles. The Kier molecular flexibility index (Phi) is 3.85. The number of urea groups is 1. The van der Waals surface area contributed by atoms with Gasteiger partial charge in [-0.15, -0.1) is 0 Å². The fourth-order valence-electron chi connectivity index (χ4n) is 2.03. The molecular formula is C14H16N2O3. The first kappa shape index (κ1) is 13.1. The van der Waals surface area contributed by atoms with E-state index in [4.69, 9.17) is 4.74 Å². The molecule has 0 saturated heterocycles. The van der Waals surface area contributed by atoms with Crippen LogP contribution in [0, 0.1) is 0 Å². The van der Waals surface area contributed by atoms with Gasteiger partial charge in [0, 0.05) is 0 Å². The van der Waals surface area contributed by atoms with Crippen molar-refractivity contribution in [1.29, 1.82) is 0 Å². The molecule has 5 nitrogen and oxygen atoms in total. The number of ether oxygens (including phenoxy) is 1. The SMILES string of the molecule is CCOC(=O)C1=C(C)[C@H](c2ccccc2)NC(=O)N1. The highest BCUT2D eigenvalue weighted by atomic mass is 16.5. The Morgan fingerprint density at radius 3 is 2.63 bits per heavy atom. The molecule has 1 aromatic rings. The zero-order valence-electron chi connectivity index (χ0n) is 10.9. The second kappa shape index (κ2) is 5.56. The number of hydrogen-bond acceptors (Lipinski definition) is 3. The van der Waals surface area contributed by atoms with Gasteiger partial charge in [-0.1, -0.05) is 30.3 Å². The van der Waals surface area contributed by atoms with Crippen molar-refractivity contribution >= 4 is 12.0 Å². The van der Waals surface area contributed by atoms with E-state index in [0.29, 0.717) is 0 Å². The number of hydrogen-bond donors (Lipinski definition) is 2. The average Bonchev–Trinajstić information content (AvgIpc) is 2.42. The van der Waals surface area contributed by atoms with Crippen molar-refractivity contribution in [3.63, 3.8) is 0 Å². The number of benzene rings is 1. The fourth-order valence-corrected chi connectivity index (χ4v) is 2.03. The fraction of sp³-hybridized carbons (Fsp3) is 0.286. The van der Waals surface area contributed by atoms with Crippen LogP contribution in [0.3, 0.4) is 0 Å². The van der Waals surface area contributed by atoms with E-state index in [1.54, 1.807) is 13.8 Å². The van der Waals surface area contributed by atoms with E-state index in [2.05, 4.69) is 10.6 Å². The van der Waals surface area contributed by atoms with E-state index >= 15 is 0 Å². The van der Waals surface area contributed by atoms with E-state index in [9.17, 15) is 9.59 Å². The van der Waals surface area contributed by atoms with Gasteiger partial charge in [-0.25, -0.2) is 9.59 Å². The minimum Gasteiger partial charge on any atom is -0.461 e. The first-order valence-electron chi connectivity index (χ1n) is 6.13. The van der Waals surface area contributed by atoms with Crippen molar-refractivity contribution in [2.24, 2.45) is 0 Å². The summed E-state index contributed by atoms with van der Waals surface area (Å²) < 4.78 is 4.94. The highest BCUT2D eigenvalue weighted by Crippen LogP contribution is 2.26. The van der Waals surface area contributed by atoms with Crippen LogP contribution in [0.15, 0.2) is 41.6 Å². The van der Waals surface area contributed by atoms with Gasteiger partial charge in [0.2, 0.25) is 0 Å². The Bertz CT molecular complexity index is 523. The van der Waals surface area contributed by atoms with Gasteiger partial charge < -0.3 is 15.4 Å². The Morgan fingerprint density at radius 1 is 1.32 bits per heavy atom. The monoisotopic (exact) mass is 260 g/mol. The van der Waals surface area contributed by atoms with Crippen LogP contribution < -0.4 is 10.6 Å². The molecule has 2 rings (SSSR count). The molecule has 1 atom stereocenters. The number of esters is 1. The Morgan fingerprint density at radius 2 is 2.00 bits per heavy atom. The summed E-state index contributed by atoms with van der Waals surface area (Å²) >= 11 is 0. The third-order valence-corrected chi connectivity index (χ3v) is 2.95. The quantitative estimate of drug-likeness (QED) is 0.815. The van der Waals surface area contributed by atoms with Gasteiger partial charge in [0.05, 0.1) is 12.6 Å². The van der Waals surface area contributed by atoms with E-state index in [0.717, 1.165) is 11.1 Å². The second-order valence-corrected chi connectivity index (χ2v) is 4.22. The Hall–Kier alpha value is -2.30. The molecule has 19 heavy (non-hydrogen) atoms. The van der Waals surface area contributed by atoms with Crippen LogP contribution in [-0.2, 0) is 9.53 Å². The van der Waals surface area contributed by atoms with E-state index < -0.39 is 12.0 Å². The average molecular weight is 260 g/mol. The molecule has 0 spiro atoms. The molecule has 0 aliphatic carbocycles. The van der Waals surface area contributed by atoms with Gasteiger partial charge >= 0.3 is 12.0 Å². The number of carbonyl (C=O) groups excluding carboxylic acids is 2. The molecule has 5 heteroatoms. The second-order valence-electron chi connectivity index (χ2n) is 4.22. The van der Waals surface area contributed by atoms with Crippen LogP contribution in [0.25, 0.3) is 0 Å². The van der Waals surface area contributed by atoms with Gasteiger partial charge in [0.1, 0.15) is 5.70 Å². The lowest BCUT2D eigenvalue weighted by Crippen LogP contribution is -2.45. The van der Waals surface area contributed by atoms with Crippen LogP contribution in [0.4, 0.5) is 4.79 Å². The van der Waals surface area contributed by atoms with Crippen LogP contribution in [0.5, 0.6) is 0 Å². The van der Waals surface area contributed by atoms with Crippen LogP contribution in [0.2, 0.25) is 0 Å². The van der Waals surface area contributed by atoms with Crippen molar-refractivity contribution in [2.75, 3.05) is 6.61 Å². The molecule has 100 valence electrons. The molecule has 1 aliphatic rings. The maximum absolute atomic E-state index is 11.8. The normalized spacial score (nSPS) is 18.6. The number of rotatable bonds is 3. The first-order valence-corrected chi connectivity index (χ1v) is 6.13. The predicted octanol–water partition coefficient (Wildman–Crippen LogP) is 1.88. The summed E-state index contributed by atoms with van der Waals surface area (Å²) in [5.41, 5.74) is 1.89. The zero-order valence-corrected chi connectivity index (χ0v) is 10.9. The molecule has 2 N–H and O–H groups in total. The lowest BCUT2D eigenvalue weighted by Gasteiger charge is -2.27. The topological polar surface area (TPSA) is 67.4 Å². The molecule has 1 aromatic carbocycles. The highest BCUT2D eigenvalue weighted by molar-refractivity contribution is 5.96. The standard InChI is InChI=1S/C14H16N2O3/c1-3-19-13(17)12-9(2)11(15-14(18)16-12)10-7-5-4-6-8-10/h4-8,11H,3H2,1-2H3,(H2,15,16,18)/t11-/m1/s1. The maximum atomic E-state index is 11.8. The summed E-state index contributed by atoms with van der Waals surface area (Å²) in [5.74, 6) is -0.504. The summed E-state index contributed by atoms with van der Waals surface area (Å²) in [4.78, 5) is 23.5. The largest absolute Gasteiger partial charge is 0.461 e. The van der Waals surface area contributed by atoms with E-state index in [-0.39, 0.29) is 18.3 Å². The highest BCUT2D eigenvalue weighted by Gasteiger charge is 2.29. The van der Waals surface area contributed by atoms with E-state index in [1.165, 1.54) is 0 Å². The van der Waals surface area contributed by atoms with Crippen molar-refractivity contribution in [3.05, 3.63) is 47.2 Å². The van der Waals surface area contributed by atoms with Crippen molar-refractivity contribution < 1.29 is 14.3 Å². The zero-order chi connectivity index (χ0) is 13.8. The van der Waals surface area contributed by atoms with Gasteiger partial charge in [0.15, 0.2) is 0 Å². The molecule has 0 aromatic heterocycles. The van der Waals surface area contributed by atoms with Crippen LogP contribution >= 0.6 is 0 Å². The van der Waals surface area contributed by atoms with Gasteiger partial charge in [-0.05, 0) is 25.0 Å². The predicted molar refractivity (Wildman–Crippen MR) is 70.2 cm³/mol. The molecule has 2 amide bonds. The Balaban J connectivity index is 2.36. The molecular weight excluding hydrogens is 244 g/mol. The summed E-state index contributed by atoms with van der Waals surface area (Å²) in [6.45, 7) is 3.80. The smallest absolute Gasteiger partial charge is 0.354 e. The summed E-state index contributed by atoms with van der Waals surface area (Å²) in [6.07, 6.45) is 0. The molecule has 0 bridgehead atoms. The molecule has 1 aliphatic heterocycles. The van der Waals surface area contributed by atoms with E-state index in [1.807, 2.05) is 30.3 Å². The molecule has 0 unspecified atom stereocenters. The lowest BCUT2D eigenvalue weighted by molar-refractivity contribution is -0.139. The maximum Gasteiger partial charge on any atom is 0.354 e. The number of nitrogens with one attached hydrogen (secondary N) is 2. The lowest BCUT2D eigenvalue weighted by atomic mass is 9.97. The summed E-state index contributed by atoms with van der Waals surface area (Å²) in [7, 11) is 0. The minimum absolute atomic E-state index is 0.222. The summed E-state index contributed by atoms with van der Waals surface area (Å²) in [5, 5.41) is 5.30. The van der Waals surface area contributed by atoms with Crippen molar-refractivity contribution in [1.82, 2.24) is 10.6 Å². The van der Waals surface area contributed by atoms with Gasteiger partial charge in [-0.2, -0.15) is 0 Å². The third kappa shape index (κ3) is 2.76. The van der Waals surface area contributed by atoms with Gasteiger partial charge in [-0.3, -0.25) is 0 Å². The van der Waals surface area contributed by atoms with Crippen LogP contribution in [0.1, 0.15) is 25.5 Å². The minimum atomic E-state index is -0.504. The Labute approximate surface area is 111 Å². The molecule has 0 saturated carbocycles. The molecule has 0 radical (unpaired) electrons. The molecule has 0 fully saturated rings. The van der Waals surface area contributed by atoms with Crippen LogP contribution in [-0.4, -0.2) is 18.6 Å². The number of amides is 2.